The number of rotatable bonds is 5. The number of benzene rings is 3. The summed E-state index contributed by atoms with van der Waals surface area (Å²) in [4.78, 5) is 15.7. The van der Waals surface area contributed by atoms with Crippen LogP contribution in [-0.2, 0) is 7.05 Å². The number of aryl methyl sites for hydroxylation is 1. The molecule has 5 rings (SSSR count). The fourth-order valence-corrected chi connectivity index (χ4v) is 4.75. The van der Waals surface area contributed by atoms with Crippen LogP contribution in [0.5, 0.6) is 17.2 Å². The van der Waals surface area contributed by atoms with E-state index < -0.39 is 0 Å². The number of amides is 1. The number of hydrogen-bond acceptors (Lipinski definition) is 4. The maximum absolute atomic E-state index is 13.9. The van der Waals surface area contributed by atoms with E-state index in [0.717, 1.165) is 33.5 Å². The minimum atomic E-state index is -0.373. The second-order valence-corrected chi connectivity index (χ2v) is 7.70. The van der Waals surface area contributed by atoms with Crippen molar-refractivity contribution in [1.82, 2.24) is 4.57 Å². The van der Waals surface area contributed by atoms with Crippen molar-refractivity contribution < 1.29 is 19.0 Å². The van der Waals surface area contributed by atoms with E-state index >= 15 is 0 Å². The zero-order valence-electron chi connectivity index (χ0n) is 18.5. The van der Waals surface area contributed by atoms with Gasteiger partial charge in [0.05, 0.1) is 27.4 Å². The molecule has 6 heteroatoms. The number of methoxy groups -OCH3 is 3. The molecule has 0 radical (unpaired) electrons. The van der Waals surface area contributed by atoms with Crippen molar-refractivity contribution in [2.45, 2.75) is 6.04 Å². The van der Waals surface area contributed by atoms with Crippen molar-refractivity contribution in [3.63, 3.8) is 0 Å². The average molecular weight is 428 g/mol. The summed E-state index contributed by atoms with van der Waals surface area (Å²) in [7, 11) is 6.81. The van der Waals surface area contributed by atoms with Crippen molar-refractivity contribution in [1.29, 1.82) is 0 Å². The third-order valence-electron chi connectivity index (χ3n) is 6.18. The topological polar surface area (TPSA) is 52.9 Å². The van der Waals surface area contributed by atoms with Crippen LogP contribution in [0.2, 0.25) is 0 Å². The van der Waals surface area contributed by atoms with Crippen LogP contribution in [0.25, 0.3) is 10.9 Å². The first kappa shape index (κ1) is 20.0. The molecule has 0 N–H and O–H groups in total. The summed E-state index contributed by atoms with van der Waals surface area (Å²) in [6.07, 6.45) is 0. The normalized spacial score (nSPS) is 15.2. The van der Waals surface area contributed by atoms with Crippen LogP contribution in [0.4, 0.5) is 5.69 Å². The summed E-state index contributed by atoms with van der Waals surface area (Å²) in [5, 5.41) is 1.05. The Morgan fingerprint density at radius 1 is 0.812 bits per heavy atom. The first-order valence-electron chi connectivity index (χ1n) is 10.4. The maximum Gasteiger partial charge on any atom is 0.276 e. The van der Waals surface area contributed by atoms with Gasteiger partial charge in [-0.2, -0.15) is 0 Å². The Labute approximate surface area is 186 Å². The Kier molecular flexibility index (Phi) is 4.78. The average Bonchev–Trinajstić information content (AvgIpc) is 3.31. The van der Waals surface area contributed by atoms with E-state index in [-0.39, 0.29) is 11.9 Å². The van der Waals surface area contributed by atoms with Gasteiger partial charge in [-0.25, -0.2) is 0 Å². The molecule has 0 unspecified atom stereocenters. The predicted molar refractivity (Wildman–Crippen MR) is 124 cm³/mol. The highest BCUT2D eigenvalue weighted by Crippen LogP contribution is 2.49. The van der Waals surface area contributed by atoms with Gasteiger partial charge in [0.2, 0.25) is 0 Å². The van der Waals surface area contributed by atoms with Crippen LogP contribution in [0, 0.1) is 0 Å². The lowest BCUT2D eigenvalue weighted by molar-refractivity contribution is 0.0986. The molecule has 1 aromatic heterocycles. The second kappa shape index (κ2) is 7.64. The van der Waals surface area contributed by atoms with Gasteiger partial charge in [-0.1, -0.05) is 30.3 Å². The summed E-state index contributed by atoms with van der Waals surface area (Å²) in [5.74, 6) is 1.92. The van der Waals surface area contributed by atoms with Crippen LogP contribution in [-0.4, -0.2) is 31.8 Å². The number of para-hydroxylation sites is 2. The first-order chi connectivity index (χ1) is 15.6. The SMILES string of the molecule is COc1ccc(N2C(=O)c3c(c4ccccc4n3C)[C@H]2c2cccc(OC)c2OC)cc1. The number of carbonyl (C=O) groups excluding carboxylic acids is 1. The lowest BCUT2D eigenvalue weighted by Gasteiger charge is -2.28. The Balaban J connectivity index is 1.81. The van der Waals surface area contributed by atoms with Crippen molar-refractivity contribution in [3.05, 3.63) is 83.6 Å². The van der Waals surface area contributed by atoms with E-state index in [1.807, 2.05) is 77.2 Å². The van der Waals surface area contributed by atoms with Gasteiger partial charge in [-0.3, -0.25) is 9.69 Å². The Bertz CT molecular complexity index is 1320. The van der Waals surface area contributed by atoms with E-state index in [9.17, 15) is 4.79 Å². The highest BCUT2D eigenvalue weighted by Gasteiger charge is 2.44. The molecule has 4 aromatic rings. The van der Waals surface area contributed by atoms with Gasteiger partial charge in [0.15, 0.2) is 11.5 Å². The minimum Gasteiger partial charge on any atom is -0.497 e. The van der Waals surface area contributed by atoms with Gasteiger partial charge in [0, 0.05) is 34.8 Å². The third kappa shape index (κ3) is 2.76. The van der Waals surface area contributed by atoms with Gasteiger partial charge < -0.3 is 18.8 Å². The molecule has 32 heavy (non-hydrogen) atoms. The van der Waals surface area contributed by atoms with Gasteiger partial charge >= 0.3 is 0 Å². The molecule has 1 aliphatic heterocycles. The molecular weight excluding hydrogens is 404 g/mol. The van der Waals surface area contributed by atoms with Crippen molar-refractivity contribution in [3.8, 4) is 17.2 Å². The monoisotopic (exact) mass is 428 g/mol. The lowest BCUT2D eigenvalue weighted by Crippen LogP contribution is -2.30. The molecule has 0 aliphatic carbocycles. The zero-order chi connectivity index (χ0) is 22.4. The first-order valence-corrected chi connectivity index (χ1v) is 10.4. The van der Waals surface area contributed by atoms with Gasteiger partial charge in [0.1, 0.15) is 11.4 Å². The fourth-order valence-electron chi connectivity index (χ4n) is 4.75. The molecule has 0 saturated carbocycles. The highest BCUT2D eigenvalue weighted by atomic mass is 16.5. The summed E-state index contributed by atoms with van der Waals surface area (Å²) in [6.45, 7) is 0. The van der Waals surface area contributed by atoms with Crippen molar-refractivity contribution in [2.24, 2.45) is 7.05 Å². The van der Waals surface area contributed by atoms with Gasteiger partial charge in [0.25, 0.3) is 5.91 Å². The van der Waals surface area contributed by atoms with E-state index in [4.69, 9.17) is 14.2 Å². The molecule has 0 spiro atoms. The standard InChI is InChI=1S/C26H24N2O4/c1-27-20-10-6-5-8-18(20)22-23(19-9-7-11-21(31-3)25(19)32-4)28(26(29)24(22)27)16-12-14-17(30-2)15-13-16/h5-15,23H,1-4H3/t23-/m1/s1. The maximum atomic E-state index is 13.9. The third-order valence-corrected chi connectivity index (χ3v) is 6.18. The molecule has 1 aliphatic rings. The van der Waals surface area contributed by atoms with Gasteiger partial charge in [-0.05, 0) is 36.4 Å². The summed E-state index contributed by atoms with van der Waals surface area (Å²) in [6, 6.07) is 21.1. The molecular formula is C26H24N2O4. The number of anilines is 1. The molecule has 2 heterocycles. The smallest absolute Gasteiger partial charge is 0.276 e. The van der Waals surface area contributed by atoms with Gasteiger partial charge in [-0.15, -0.1) is 0 Å². The molecule has 1 amide bonds. The van der Waals surface area contributed by atoms with E-state index in [2.05, 4.69) is 6.07 Å². The van der Waals surface area contributed by atoms with Crippen LogP contribution >= 0.6 is 0 Å². The summed E-state index contributed by atoms with van der Waals surface area (Å²) in [5.41, 5.74) is 4.32. The quantitative estimate of drug-likeness (QED) is 0.451. The number of hydrogen-bond donors (Lipinski definition) is 0. The summed E-state index contributed by atoms with van der Waals surface area (Å²) < 4.78 is 18.6. The molecule has 6 nitrogen and oxygen atoms in total. The Hall–Kier alpha value is -3.93. The van der Waals surface area contributed by atoms with Crippen LogP contribution in [0.15, 0.2) is 66.7 Å². The highest BCUT2D eigenvalue weighted by molar-refractivity contribution is 6.15. The van der Waals surface area contributed by atoms with E-state index in [1.165, 1.54) is 0 Å². The molecule has 3 aromatic carbocycles. The Morgan fingerprint density at radius 3 is 2.25 bits per heavy atom. The molecule has 0 bridgehead atoms. The lowest BCUT2D eigenvalue weighted by atomic mass is 9.96. The number of aromatic nitrogens is 1. The predicted octanol–water partition coefficient (Wildman–Crippen LogP) is 4.95. The fraction of sp³-hybridized carbons (Fsp3) is 0.192. The molecule has 0 fully saturated rings. The van der Waals surface area contributed by atoms with E-state index in [0.29, 0.717) is 17.2 Å². The zero-order valence-corrected chi connectivity index (χ0v) is 18.5. The second-order valence-electron chi connectivity index (χ2n) is 7.70. The van der Waals surface area contributed by atoms with Crippen LogP contribution in [0.1, 0.15) is 27.7 Å². The molecule has 1 atom stereocenters. The number of carbonyl (C=O) groups is 1. The summed E-state index contributed by atoms with van der Waals surface area (Å²) >= 11 is 0. The number of ether oxygens (including phenoxy) is 3. The van der Waals surface area contributed by atoms with Crippen LogP contribution in [0.3, 0.4) is 0 Å². The Morgan fingerprint density at radius 2 is 1.56 bits per heavy atom. The van der Waals surface area contributed by atoms with Crippen molar-refractivity contribution in [2.75, 3.05) is 26.2 Å². The molecule has 0 saturated heterocycles. The minimum absolute atomic E-state index is 0.0567. The van der Waals surface area contributed by atoms with Crippen LogP contribution < -0.4 is 19.1 Å². The largest absolute Gasteiger partial charge is 0.497 e. The number of fused-ring (bicyclic) bond motifs is 3. The van der Waals surface area contributed by atoms with Crippen molar-refractivity contribution >= 4 is 22.5 Å². The number of nitrogens with zero attached hydrogens (tertiary/aromatic N) is 2. The van der Waals surface area contributed by atoms with E-state index in [1.54, 1.807) is 21.3 Å². The molecule has 162 valence electrons.